The lowest BCUT2D eigenvalue weighted by molar-refractivity contribution is 0.0947. The fourth-order valence-electron chi connectivity index (χ4n) is 2.06. The van der Waals surface area contributed by atoms with Crippen LogP contribution in [0.25, 0.3) is 0 Å². The van der Waals surface area contributed by atoms with Gasteiger partial charge in [0.05, 0.1) is 4.90 Å². The van der Waals surface area contributed by atoms with E-state index in [1.807, 2.05) is 6.92 Å². The van der Waals surface area contributed by atoms with E-state index in [9.17, 15) is 13.2 Å². The Kier molecular flexibility index (Phi) is 6.43. The molecule has 1 heterocycles. The highest BCUT2D eigenvalue weighted by molar-refractivity contribution is 7.89. The van der Waals surface area contributed by atoms with Gasteiger partial charge in [-0.2, -0.15) is 0 Å². The number of nitrogens with one attached hydrogen (secondary N) is 2. The summed E-state index contributed by atoms with van der Waals surface area (Å²) in [6.45, 7) is 3.16. The van der Waals surface area contributed by atoms with Crippen LogP contribution >= 0.6 is 0 Å². The molecule has 1 aromatic carbocycles. The van der Waals surface area contributed by atoms with Gasteiger partial charge in [-0.15, -0.1) is 10.2 Å². The Bertz CT molecular complexity index is 805. The zero-order valence-corrected chi connectivity index (χ0v) is 14.7. The normalized spacial score (nSPS) is 11.1. The maximum absolute atomic E-state index is 11.7. The van der Waals surface area contributed by atoms with Crippen molar-refractivity contribution in [3.8, 4) is 0 Å². The van der Waals surface area contributed by atoms with Crippen LogP contribution in [-0.2, 0) is 16.4 Å². The molecule has 9 heteroatoms. The van der Waals surface area contributed by atoms with Crippen LogP contribution in [0.4, 0.5) is 5.82 Å². The van der Waals surface area contributed by atoms with Crippen molar-refractivity contribution in [2.75, 3.05) is 18.4 Å². The topological polar surface area (TPSA) is 127 Å². The average molecular weight is 363 g/mol. The summed E-state index contributed by atoms with van der Waals surface area (Å²) in [6, 6.07) is 9.70. The zero-order valence-electron chi connectivity index (χ0n) is 13.9. The number of primary sulfonamides is 1. The molecule has 1 amide bonds. The summed E-state index contributed by atoms with van der Waals surface area (Å²) < 4.78 is 22.4. The molecule has 2 aromatic rings. The Labute approximate surface area is 146 Å². The molecule has 0 saturated heterocycles. The highest BCUT2D eigenvalue weighted by atomic mass is 32.2. The smallest absolute Gasteiger partial charge is 0.271 e. The molecule has 0 saturated carbocycles. The van der Waals surface area contributed by atoms with Crippen molar-refractivity contribution in [1.82, 2.24) is 15.5 Å². The first-order chi connectivity index (χ1) is 11.9. The minimum Gasteiger partial charge on any atom is -0.368 e. The second-order valence-electron chi connectivity index (χ2n) is 5.43. The highest BCUT2D eigenvalue weighted by Gasteiger charge is 2.08. The van der Waals surface area contributed by atoms with E-state index in [4.69, 9.17) is 5.14 Å². The molecule has 25 heavy (non-hydrogen) atoms. The predicted molar refractivity (Wildman–Crippen MR) is 94.7 cm³/mol. The van der Waals surface area contributed by atoms with Crippen molar-refractivity contribution in [2.24, 2.45) is 5.14 Å². The van der Waals surface area contributed by atoms with Crippen molar-refractivity contribution in [2.45, 2.75) is 24.7 Å². The molecule has 0 radical (unpaired) electrons. The molecule has 0 aliphatic rings. The summed E-state index contributed by atoms with van der Waals surface area (Å²) in [4.78, 5) is 11.8. The molecule has 8 nitrogen and oxygen atoms in total. The minimum absolute atomic E-state index is 0.0898. The number of anilines is 1. The standard InChI is InChI=1S/C16H21N5O3S/c1-2-10-19-16(22)14-7-8-15(21-20-14)18-11-9-12-3-5-13(6-4-12)25(17,23)24/h3-8H,2,9-11H2,1H3,(H,18,21)(H,19,22)(H2,17,23,24). The number of carbonyl (C=O) groups is 1. The first-order valence-corrected chi connectivity index (χ1v) is 9.42. The average Bonchev–Trinajstić information content (AvgIpc) is 2.60. The molecule has 2 rings (SSSR count). The number of aromatic nitrogens is 2. The predicted octanol–water partition coefficient (Wildman–Crippen LogP) is 0.918. The Balaban J connectivity index is 1.84. The fourth-order valence-corrected chi connectivity index (χ4v) is 2.57. The maximum atomic E-state index is 11.7. The number of rotatable bonds is 8. The van der Waals surface area contributed by atoms with Gasteiger partial charge in [0.25, 0.3) is 5.91 Å². The molecule has 1 aromatic heterocycles. The van der Waals surface area contributed by atoms with Crippen LogP contribution in [-0.4, -0.2) is 37.6 Å². The van der Waals surface area contributed by atoms with Gasteiger partial charge < -0.3 is 10.6 Å². The molecular formula is C16H21N5O3S. The number of hydrogen-bond acceptors (Lipinski definition) is 6. The van der Waals surface area contributed by atoms with Gasteiger partial charge in [-0.05, 0) is 42.7 Å². The Morgan fingerprint density at radius 1 is 1.08 bits per heavy atom. The van der Waals surface area contributed by atoms with Gasteiger partial charge in [-0.3, -0.25) is 4.79 Å². The third-order valence-corrected chi connectivity index (χ3v) is 4.33. The van der Waals surface area contributed by atoms with Crippen molar-refractivity contribution in [3.05, 3.63) is 47.7 Å². The monoisotopic (exact) mass is 363 g/mol. The van der Waals surface area contributed by atoms with E-state index in [0.717, 1.165) is 12.0 Å². The van der Waals surface area contributed by atoms with Crippen molar-refractivity contribution in [1.29, 1.82) is 0 Å². The lowest BCUT2D eigenvalue weighted by atomic mass is 10.1. The maximum Gasteiger partial charge on any atom is 0.271 e. The molecule has 4 N–H and O–H groups in total. The van der Waals surface area contributed by atoms with E-state index >= 15 is 0 Å². The number of nitrogens with zero attached hydrogens (tertiary/aromatic N) is 2. The van der Waals surface area contributed by atoms with Crippen LogP contribution in [0.1, 0.15) is 29.4 Å². The number of carbonyl (C=O) groups excluding carboxylic acids is 1. The number of amides is 1. The summed E-state index contributed by atoms with van der Waals surface area (Å²) in [5.41, 5.74) is 1.24. The summed E-state index contributed by atoms with van der Waals surface area (Å²) in [6.07, 6.45) is 1.53. The lowest BCUT2D eigenvalue weighted by Crippen LogP contribution is -2.25. The minimum atomic E-state index is -3.67. The van der Waals surface area contributed by atoms with Crippen LogP contribution in [0.3, 0.4) is 0 Å². The van der Waals surface area contributed by atoms with Crippen LogP contribution in [0.5, 0.6) is 0 Å². The zero-order chi connectivity index (χ0) is 18.3. The molecule has 0 fully saturated rings. The number of nitrogens with two attached hydrogens (primary N) is 1. The molecule has 0 aliphatic carbocycles. The third kappa shape index (κ3) is 5.80. The Morgan fingerprint density at radius 2 is 1.80 bits per heavy atom. The van der Waals surface area contributed by atoms with Crippen LogP contribution < -0.4 is 15.8 Å². The molecule has 0 aliphatic heterocycles. The summed E-state index contributed by atoms with van der Waals surface area (Å²) in [5.74, 6) is 0.323. The first kappa shape index (κ1) is 18.8. The van der Waals surface area contributed by atoms with Gasteiger partial charge in [0, 0.05) is 13.1 Å². The van der Waals surface area contributed by atoms with Crippen molar-refractivity contribution >= 4 is 21.7 Å². The molecule has 0 spiro atoms. The number of benzene rings is 1. The number of hydrogen-bond donors (Lipinski definition) is 3. The van der Waals surface area contributed by atoms with Crippen LogP contribution in [0.2, 0.25) is 0 Å². The SMILES string of the molecule is CCCNC(=O)c1ccc(NCCc2ccc(S(N)(=O)=O)cc2)nn1. The molecule has 0 bridgehead atoms. The van der Waals surface area contributed by atoms with E-state index in [1.54, 1.807) is 24.3 Å². The molecule has 0 atom stereocenters. The van der Waals surface area contributed by atoms with E-state index in [-0.39, 0.29) is 16.5 Å². The van der Waals surface area contributed by atoms with Gasteiger partial charge in [-0.1, -0.05) is 19.1 Å². The van der Waals surface area contributed by atoms with Gasteiger partial charge in [0.15, 0.2) is 5.69 Å². The van der Waals surface area contributed by atoms with Crippen molar-refractivity contribution < 1.29 is 13.2 Å². The highest BCUT2D eigenvalue weighted by Crippen LogP contribution is 2.10. The van der Waals surface area contributed by atoms with E-state index in [1.165, 1.54) is 12.1 Å². The quantitative estimate of drug-likeness (QED) is 0.640. The van der Waals surface area contributed by atoms with Crippen molar-refractivity contribution in [3.63, 3.8) is 0 Å². The van der Waals surface area contributed by atoms with Crippen LogP contribution in [0.15, 0.2) is 41.3 Å². The number of sulfonamides is 1. The third-order valence-electron chi connectivity index (χ3n) is 3.40. The van der Waals surface area contributed by atoms with Gasteiger partial charge in [0.1, 0.15) is 5.82 Å². The van der Waals surface area contributed by atoms with Gasteiger partial charge in [-0.25, -0.2) is 13.6 Å². The second-order valence-corrected chi connectivity index (χ2v) is 6.99. The summed E-state index contributed by atoms with van der Waals surface area (Å²) in [7, 11) is -3.67. The van der Waals surface area contributed by atoms with E-state index in [2.05, 4.69) is 20.8 Å². The van der Waals surface area contributed by atoms with Gasteiger partial charge >= 0.3 is 0 Å². The molecule has 0 unspecified atom stereocenters. The van der Waals surface area contributed by atoms with E-state index < -0.39 is 10.0 Å². The Morgan fingerprint density at radius 3 is 2.36 bits per heavy atom. The molecule has 134 valence electrons. The Hall–Kier alpha value is -2.52. The largest absolute Gasteiger partial charge is 0.368 e. The second kappa shape index (κ2) is 8.54. The van der Waals surface area contributed by atoms with E-state index in [0.29, 0.717) is 25.3 Å². The first-order valence-electron chi connectivity index (χ1n) is 7.87. The lowest BCUT2D eigenvalue weighted by Gasteiger charge is -2.07. The van der Waals surface area contributed by atoms with Gasteiger partial charge in [0.2, 0.25) is 10.0 Å². The summed E-state index contributed by atoms with van der Waals surface area (Å²) >= 11 is 0. The molecular weight excluding hydrogens is 342 g/mol. The summed E-state index contributed by atoms with van der Waals surface area (Å²) in [5, 5.41) is 18.8. The van der Waals surface area contributed by atoms with Crippen LogP contribution in [0, 0.1) is 0 Å². The fraction of sp³-hybridized carbons (Fsp3) is 0.312.